The Morgan fingerprint density at radius 3 is 2.73 bits per heavy atom. The molecule has 0 saturated carbocycles. The molecule has 2 N–H and O–H groups in total. The van der Waals surface area contributed by atoms with Gasteiger partial charge in [0.2, 0.25) is 5.91 Å². The summed E-state index contributed by atoms with van der Waals surface area (Å²) in [6.45, 7) is 4.01. The van der Waals surface area contributed by atoms with Crippen LogP contribution < -0.4 is 5.32 Å². The molecular formula is C11H18N2O2. The first-order valence-corrected chi connectivity index (χ1v) is 5.18. The Kier molecular flexibility index (Phi) is 4.13. The van der Waals surface area contributed by atoms with Gasteiger partial charge >= 0.3 is 0 Å². The molecule has 15 heavy (non-hydrogen) atoms. The number of nitrogens with one attached hydrogen (secondary N) is 1. The number of nitrogens with zero attached hydrogens (tertiary/aromatic N) is 1. The molecule has 4 heteroatoms. The molecule has 4 nitrogen and oxygen atoms in total. The first-order valence-electron chi connectivity index (χ1n) is 5.18. The summed E-state index contributed by atoms with van der Waals surface area (Å²) >= 11 is 0. The highest BCUT2D eigenvalue weighted by Gasteiger charge is 2.27. The van der Waals surface area contributed by atoms with E-state index < -0.39 is 5.60 Å². The Bertz CT molecular complexity index is 258. The average Bonchev–Trinajstić information content (AvgIpc) is 2.18. The number of rotatable bonds is 3. The second-order valence-corrected chi connectivity index (χ2v) is 4.25. The fraction of sp³-hybridized carbons (Fsp3) is 0.727. The maximum absolute atomic E-state index is 11.3. The number of likely N-dealkylation sites (tertiary alicyclic amines) is 1. The van der Waals surface area contributed by atoms with Crippen LogP contribution in [0.1, 0.15) is 19.8 Å². The summed E-state index contributed by atoms with van der Waals surface area (Å²) < 4.78 is 0. The number of terminal acetylenes is 1. The summed E-state index contributed by atoms with van der Waals surface area (Å²) in [5.74, 6) is 2.31. The van der Waals surface area contributed by atoms with Gasteiger partial charge in [0.1, 0.15) is 0 Å². The molecule has 1 aliphatic heterocycles. The predicted octanol–water partition coefficient (Wildman–Crippen LogP) is -0.417. The van der Waals surface area contributed by atoms with Crippen molar-refractivity contribution in [3.8, 4) is 12.3 Å². The van der Waals surface area contributed by atoms with E-state index in [2.05, 4.69) is 11.2 Å². The predicted molar refractivity (Wildman–Crippen MR) is 58.1 cm³/mol. The van der Waals surface area contributed by atoms with Crippen LogP contribution in [-0.4, -0.2) is 47.7 Å². The molecule has 1 fully saturated rings. The van der Waals surface area contributed by atoms with Crippen LogP contribution in [0.3, 0.4) is 0 Å². The first kappa shape index (κ1) is 12.0. The molecule has 1 amide bonds. The Hall–Kier alpha value is -1.05. The van der Waals surface area contributed by atoms with Crippen LogP contribution >= 0.6 is 0 Å². The van der Waals surface area contributed by atoms with E-state index in [-0.39, 0.29) is 12.5 Å². The minimum absolute atomic E-state index is 0.0468. The van der Waals surface area contributed by atoms with Gasteiger partial charge in [-0.2, -0.15) is 0 Å². The third-order valence-electron chi connectivity index (χ3n) is 2.69. The molecule has 0 aromatic rings. The molecule has 0 aliphatic carbocycles. The number of piperidine rings is 1. The Morgan fingerprint density at radius 1 is 1.60 bits per heavy atom. The summed E-state index contributed by atoms with van der Waals surface area (Å²) in [7, 11) is 0. The van der Waals surface area contributed by atoms with E-state index in [0.717, 1.165) is 25.9 Å². The van der Waals surface area contributed by atoms with Crippen molar-refractivity contribution in [2.24, 2.45) is 0 Å². The van der Waals surface area contributed by atoms with Crippen LogP contribution in [0.15, 0.2) is 0 Å². The van der Waals surface area contributed by atoms with E-state index in [1.54, 1.807) is 0 Å². The van der Waals surface area contributed by atoms with Gasteiger partial charge in [-0.1, -0.05) is 5.92 Å². The molecule has 0 unspecified atom stereocenters. The van der Waals surface area contributed by atoms with Crippen LogP contribution in [0, 0.1) is 12.3 Å². The van der Waals surface area contributed by atoms with E-state index in [4.69, 9.17) is 6.42 Å². The smallest absolute Gasteiger partial charge is 0.234 e. The fourth-order valence-electron chi connectivity index (χ4n) is 1.60. The molecule has 1 rings (SSSR count). The third kappa shape index (κ3) is 4.32. The van der Waals surface area contributed by atoms with E-state index in [9.17, 15) is 9.90 Å². The van der Waals surface area contributed by atoms with Gasteiger partial charge in [0, 0.05) is 13.1 Å². The minimum atomic E-state index is -0.564. The second-order valence-electron chi connectivity index (χ2n) is 4.25. The third-order valence-corrected chi connectivity index (χ3v) is 2.69. The molecule has 1 aliphatic rings. The zero-order chi connectivity index (χ0) is 11.3. The van der Waals surface area contributed by atoms with Crippen LogP contribution in [-0.2, 0) is 4.79 Å². The van der Waals surface area contributed by atoms with Gasteiger partial charge in [-0.3, -0.25) is 9.69 Å². The first-order chi connectivity index (χ1) is 7.03. The molecule has 0 bridgehead atoms. The van der Waals surface area contributed by atoms with Gasteiger partial charge in [-0.15, -0.1) is 6.42 Å². The molecule has 0 atom stereocenters. The molecule has 0 aromatic carbocycles. The van der Waals surface area contributed by atoms with E-state index in [1.807, 2.05) is 11.8 Å². The van der Waals surface area contributed by atoms with Crippen LogP contribution in [0.4, 0.5) is 0 Å². The number of carbonyl (C=O) groups excluding carboxylic acids is 1. The lowest BCUT2D eigenvalue weighted by Crippen LogP contribution is -2.46. The van der Waals surface area contributed by atoms with Crippen molar-refractivity contribution in [2.45, 2.75) is 25.4 Å². The molecule has 0 radical (unpaired) electrons. The van der Waals surface area contributed by atoms with Crippen molar-refractivity contribution in [2.75, 3.05) is 26.2 Å². The molecule has 1 heterocycles. The lowest BCUT2D eigenvalue weighted by atomic mass is 9.94. The minimum Gasteiger partial charge on any atom is -0.390 e. The Balaban J connectivity index is 2.24. The van der Waals surface area contributed by atoms with Gasteiger partial charge in [-0.05, 0) is 19.8 Å². The van der Waals surface area contributed by atoms with E-state index in [1.165, 1.54) is 0 Å². The maximum Gasteiger partial charge on any atom is 0.234 e. The van der Waals surface area contributed by atoms with Crippen molar-refractivity contribution in [1.29, 1.82) is 0 Å². The highest BCUT2D eigenvalue weighted by molar-refractivity contribution is 5.78. The van der Waals surface area contributed by atoms with Crippen molar-refractivity contribution < 1.29 is 9.90 Å². The second kappa shape index (κ2) is 5.15. The average molecular weight is 210 g/mol. The fourth-order valence-corrected chi connectivity index (χ4v) is 1.60. The quantitative estimate of drug-likeness (QED) is 0.622. The summed E-state index contributed by atoms with van der Waals surface area (Å²) in [4.78, 5) is 13.4. The van der Waals surface area contributed by atoms with Crippen molar-refractivity contribution in [3.05, 3.63) is 0 Å². The number of carbonyl (C=O) groups is 1. The van der Waals surface area contributed by atoms with Gasteiger partial charge in [-0.25, -0.2) is 0 Å². The van der Waals surface area contributed by atoms with Gasteiger partial charge in [0.25, 0.3) is 0 Å². The molecule has 0 aromatic heterocycles. The van der Waals surface area contributed by atoms with E-state index >= 15 is 0 Å². The van der Waals surface area contributed by atoms with Crippen molar-refractivity contribution >= 4 is 5.91 Å². The summed E-state index contributed by atoms with van der Waals surface area (Å²) in [6, 6.07) is 0. The number of aliphatic hydroxyl groups is 1. The zero-order valence-corrected chi connectivity index (χ0v) is 9.12. The number of hydrogen-bond donors (Lipinski definition) is 2. The highest BCUT2D eigenvalue weighted by atomic mass is 16.3. The van der Waals surface area contributed by atoms with Crippen LogP contribution in [0.5, 0.6) is 0 Å². The van der Waals surface area contributed by atoms with Crippen molar-refractivity contribution in [3.63, 3.8) is 0 Å². The number of amides is 1. The van der Waals surface area contributed by atoms with E-state index in [0.29, 0.717) is 6.54 Å². The molecule has 1 saturated heterocycles. The van der Waals surface area contributed by atoms with Crippen molar-refractivity contribution in [1.82, 2.24) is 10.2 Å². The topological polar surface area (TPSA) is 52.6 Å². The van der Waals surface area contributed by atoms with Gasteiger partial charge in [0.05, 0.1) is 18.7 Å². The monoisotopic (exact) mass is 210 g/mol. The Morgan fingerprint density at radius 2 is 2.20 bits per heavy atom. The van der Waals surface area contributed by atoms with Gasteiger partial charge in [0.15, 0.2) is 0 Å². The highest BCUT2D eigenvalue weighted by Crippen LogP contribution is 2.20. The lowest BCUT2D eigenvalue weighted by molar-refractivity contribution is -0.123. The Labute approximate surface area is 90.6 Å². The number of hydrogen-bond acceptors (Lipinski definition) is 3. The summed E-state index contributed by atoms with van der Waals surface area (Å²) in [5.41, 5.74) is -0.564. The molecule has 84 valence electrons. The largest absolute Gasteiger partial charge is 0.390 e. The summed E-state index contributed by atoms with van der Waals surface area (Å²) in [6.07, 6.45) is 6.47. The van der Waals surface area contributed by atoms with Crippen LogP contribution in [0.25, 0.3) is 0 Å². The standard InChI is InChI=1S/C11H18N2O2/c1-3-6-12-10(14)9-13-7-4-11(2,15)5-8-13/h1,15H,4-9H2,2H3,(H,12,14). The van der Waals surface area contributed by atoms with Crippen LogP contribution in [0.2, 0.25) is 0 Å². The lowest BCUT2D eigenvalue weighted by Gasteiger charge is -2.35. The summed E-state index contributed by atoms with van der Waals surface area (Å²) in [5, 5.41) is 12.3. The van der Waals surface area contributed by atoms with Gasteiger partial charge < -0.3 is 10.4 Å². The maximum atomic E-state index is 11.3. The molecular weight excluding hydrogens is 192 g/mol. The SMILES string of the molecule is C#CCNC(=O)CN1CCC(C)(O)CC1. The zero-order valence-electron chi connectivity index (χ0n) is 9.12. The normalized spacial score (nSPS) is 20.6. The molecule has 0 spiro atoms.